The molecule has 0 bridgehead atoms. The molecule has 0 fully saturated rings. The van der Waals surface area contributed by atoms with Crippen molar-refractivity contribution in [3.8, 4) is 0 Å². The zero-order chi connectivity index (χ0) is 11.7. The number of rotatable bonds is 3. The molecule has 6 heteroatoms. The second-order valence-electron chi connectivity index (χ2n) is 3.30. The van der Waals surface area contributed by atoms with Crippen molar-refractivity contribution in [2.45, 2.75) is 17.3 Å². The summed E-state index contributed by atoms with van der Waals surface area (Å²) in [6.45, 7) is 1.62. The van der Waals surface area contributed by atoms with Crippen LogP contribution in [0.2, 0.25) is 5.02 Å². The van der Waals surface area contributed by atoms with Crippen molar-refractivity contribution >= 4 is 40.4 Å². The number of H-pyrrole nitrogens is 1. The lowest BCUT2D eigenvalue weighted by Crippen LogP contribution is -2.11. The van der Waals surface area contributed by atoms with Gasteiger partial charge in [0.1, 0.15) is 5.25 Å². The molecule has 0 saturated heterocycles. The number of thioether (sulfide) groups is 1. The summed E-state index contributed by atoms with van der Waals surface area (Å²) < 4.78 is 0. The number of carbonyl (C=O) groups is 1. The van der Waals surface area contributed by atoms with E-state index in [2.05, 4.69) is 9.97 Å². The number of imidazole rings is 1. The molecule has 2 N–H and O–H groups in total. The minimum Gasteiger partial charge on any atom is -0.480 e. The van der Waals surface area contributed by atoms with Crippen LogP contribution in [-0.2, 0) is 4.79 Å². The third-order valence-electron chi connectivity index (χ3n) is 2.06. The molecule has 1 aromatic heterocycles. The Hall–Kier alpha value is -1.20. The number of aliphatic carboxylic acids is 1. The van der Waals surface area contributed by atoms with Gasteiger partial charge in [-0.25, -0.2) is 4.98 Å². The minimum absolute atomic E-state index is 0.531. The molecule has 0 aliphatic heterocycles. The lowest BCUT2D eigenvalue weighted by Gasteiger charge is -2.00. The van der Waals surface area contributed by atoms with Crippen molar-refractivity contribution in [1.82, 2.24) is 9.97 Å². The molecule has 0 saturated carbocycles. The summed E-state index contributed by atoms with van der Waals surface area (Å²) in [5, 5.41) is 9.46. The first kappa shape index (κ1) is 11.3. The first-order valence-corrected chi connectivity index (χ1v) is 5.87. The number of carboxylic acid groups (broad SMARTS) is 1. The molecule has 0 radical (unpaired) electrons. The molecule has 1 aromatic carbocycles. The lowest BCUT2D eigenvalue weighted by atomic mass is 10.3. The quantitative estimate of drug-likeness (QED) is 0.829. The zero-order valence-corrected chi connectivity index (χ0v) is 9.97. The Morgan fingerprint density at radius 2 is 2.38 bits per heavy atom. The molecule has 0 amide bonds. The van der Waals surface area contributed by atoms with Gasteiger partial charge in [0, 0.05) is 5.02 Å². The Bertz CT molecular complexity index is 541. The van der Waals surface area contributed by atoms with E-state index in [0.29, 0.717) is 10.2 Å². The Morgan fingerprint density at radius 1 is 1.62 bits per heavy atom. The number of halogens is 1. The van der Waals surface area contributed by atoms with Crippen molar-refractivity contribution in [1.29, 1.82) is 0 Å². The average Bonchev–Trinajstić information content (AvgIpc) is 2.58. The standard InChI is InChI=1S/C10H9ClN2O2S/c1-5(9(14)15)16-10-12-7-3-2-6(11)4-8(7)13-10/h2-5H,1H3,(H,12,13)(H,14,15)/t5-/m0/s1. The summed E-state index contributed by atoms with van der Waals surface area (Å²) in [6, 6.07) is 5.31. The van der Waals surface area contributed by atoms with Crippen LogP contribution in [0, 0.1) is 0 Å². The summed E-state index contributed by atoms with van der Waals surface area (Å²) in [4.78, 5) is 18.0. The van der Waals surface area contributed by atoms with Gasteiger partial charge in [-0.05, 0) is 25.1 Å². The molecule has 0 spiro atoms. The van der Waals surface area contributed by atoms with Gasteiger partial charge in [0.05, 0.1) is 11.0 Å². The van der Waals surface area contributed by atoms with Crippen molar-refractivity contribution < 1.29 is 9.90 Å². The van der Waals surface area contributed by atoms with Gasteiger partial charge in [-0.15, -0.1) is 0 Å². The highest BCUT2D eigenvalue weighted by atomic mass is 35.5. The van der Waals surface area contributed by atoms with Crippen LogP contribution in [0.25, 0.3) is 11.0 Å². The zero-order valence-electron chi connectivity index (χ0n) is 8.40. The minimum atomic E-state index is -0.858. The summed E-state index contributed by atoms with van der Waals surface area (Å²) in [5.41, 5.74) is 1.59. The number of benzene rings is 1. The molecule has 0 unspecified atom stereocenters. The Labute approximate surface area is 101 Å². The highest BCUT2D eigenvalue weighted by molar-refractivity contribution is 8.00. The predicted molar refractivity (Wildman–Crippen MR) is 64.1 cm³/mol. The van der Waals surface area contributed by atoms with E-state index >= 15 is 0 Å². The summed E-state index contributed by atoms with van der Waals surface area (Å²) in [5.74, 6) is -0.858. The summed E-state index contributed by atoms with van der Waals surface area (Å²) in [6.07, 6.45) is 0. The van der Waals surface area contributed by atoms with Gasteiger partial charge in [-0.1, -0.05) is 23.4 Å². The van der Waals surface area contributed by atoms with E-state index in [9.17, 15) is 4.79 Å². The topological polar surface area (TPSA) is 66.0 Å². The van der Waals surface area contributed by atoms with Gasteiger partial charge in [0.2, 0.25) is 0 Å². The second kappa shape index (κ2) is 4.35. The number of hydrogen-bond acceptors (Lipinski definition) is 3. The number of aromatic nitrogens is 2. The van der Waals surface area contributed by atoms with Crippen molar-refractivity contribution in [3.63, 3.8) is 0 Å². The lowest BCUT2D eigenvalue weighted by molar-refractivity contribution is -0.136. The third-order valence-corrected chi connectivity index (χ3v) is 3.27. The van der Waals surface area contributed by atoms with Crippen LogP contribution in [0.15, 0.2) is 23.4 Å². The van der Waals surface area contributed by atoms with Gasteiger partial charge in [-0.3, -0.25) is 4.79 Å². The number of nitrogens with zero attached hydrogens (tertiary/aromatic N) is 1. The van der Waals surface area contributed by atoms with Crippen LogP contribution in [0.4, 0.5) is 0 Å². The Balaban J connectivity index is 2.29. The van der Waals surface area contributed by atoms with E-state index in [-0.39, 0.29) is 0 Å². The first-order chi connectivity index (χ1) is 7.56. The smallest absolute Gasteiger partial charge is 0.316 e. The van der Waals surface area contributed by atoms with Crippen LogP contribution >= 0.6 is 23.4 Å². The van der Waals surface area contributed by atoms with Crippen LogP contribution in [0.3, 0.4) is 0 Å². The molecular weight excluding hydrogens is 248 g/mol. The van der Waals surface area contributed by atoms with E-state index in [1.54, 1.807) is 25.1 Å². The Morgan fingerprint density at radius 3 is 3.06 bits per heavy atom. The van der Waals surface area contributed by atoms with E-state index in [4.69, 9.17) is 16.7 Å². The number of hydrogen-bond donors (Lipinski definition) is 2. The van der Waals surface area contributed by atoms with Gasteiger partial charge >= 0.3 is 5.97 Å². The van der Waals surface area contributed by atoms with Gasteiger partial charge in [-0.2, -0.15) is 0 Å². The monoisotopic (exact) mass is 256 g/mol. The number of aromatic amines is 1. The van der Waals surface area contributed by atoms with Crippen LogP contribution in [-0.4, -0.2) is 26.3 Å². The molecule has 0 aliphatic carbocycles. The molecular formula is C10H9ClN2O2S. The van der Waals surface area contributed by atoms with Crippen LogP contribution in [0.1, 0.15) is 6.92 Å². The molecule has 2 aromatic rings. The van der Waals surface area contributed by atoms with E-state index in [1.807, 2.05) is 0 Å². The number of fused-ring (bicyclic) bond motifs is 1. The molecule has 4 nitrogen and oxygen atoms in total. The van der Waals surface area contributed by atoms with Gasteiger partial charge < -0.3 is 10.1 Å². The summed E-state index contributed by atoms with van der Waals surface area (Å²) >= 11 is 7.01. The van der Waals surface area contributed by atoms with Crippen molar-refractivity contribution in [2.24, 2.45) is 0 Å². The van der Waals surface area contributed by atoms with E-state index in [0.717, 1.165) is 11.0 Å². The maximum absolute atomic E-state index is 10.7. The van der Waals surface area contributed by atoms with Gasteiger partial charge in [0.25, 0.3) is 0 Å². The van der Waals surface area contributed by atoms with Crippen molar-refractivity contribution in [2.75, 3.05) is 0 Å². The fourth-order valence-electron chi connectivity index (χ4n) is 1.23. The maximum atomic E-state index is 10.7. The number of carboxylic acids is 1. The SMILES string of the molecule is C[C@H](Sc1nc2ccc(Cl)cc2[nH]1)C(=O)O. The molecule has 1 heterocycles. The highest BCUT2D eigenvalue weighted by Crippen LogP contribution is 2.24. The summed E-state index contributed by atoms with van der Waals surface area (Å²) in [7, 11) is 0. The highest BCUT2D eigenvalue weighted by Gasteiger charge is 2.14. The molecule has 0 aliphatic rings. The second-order valence-corrected chi connectivity index (χ2v) is 5.07. The third kappa shape index (κ3) is 2.31. The fourth-order valence-corrected chi connectivity index (χ4v) is 2.16. The van der Waals surface area contributed by atoms with E-state index in [1.165, 1.54) is 11.8 Å². The maximum Gasteiger partial charge on any atom is 0.316 e. The van der Waals surface area contributed by atoms with Crippen LogP contribution < -0.4 is 0 Å². The van der Waals surface area contributed by atoms with Crippen LogP contribution in [0.5, 0.6) is 0 Å². The Kier molecular flexibility index (Phi) is 3.07. The van der Waals surface area contributed by atoms with E-state index < -0.39 is 11.2 Å². The molecule has 16 heavy (non-hydrogen) atoms. The normalized spacial score (nSPS) is 12.9. The largest absolute Gasteiger partial charge is 0.480 e. The fraction of sp³-hybridized carbons (Fsp3) is 0.200. The number of nitrogens with one attached hydrogen (secondary N) is 1. The molecule has 84 valence electrons. The van der Waals surface area contributed by atoms with Crippen molar-refractivity contribution in [3.05, 3.63) is 23.2 Å². The molecule has 1 atom stereocenters. The molecule has 2 rings (SSSR count). The first-order valence-electron chi connectivity index (χ1n) is 4.61. The predicted octanol–water partition coefficient (Wildman–Crippen LogP) is 2.78. The van der Waals surface area contributed by atoms with Gasteiger partial charge in [0.15, 0.2) is 5.16 Å². The average molecular weight is 257 g/mol.